The average molecular weight is 359 g/mol. The molecule has 140 valence electrons. The Kier molecular flexibility index (Phi) is 8.44. The second-order valence-electron chi connectivity index (χ2n) is 6.63. The van der Waals surface area contributed by atoms with Crippen molar-refractivity contribution in [1.82, 2.24) is 4.98 Å². The minimum absolute atomic E-state index is 0.865. The molecule has 0 amide bonds. The van der Waals surface area contributed by atoms with E-state index < -0.39 is 0 Å². The van der Waals surface area contributed by atoms with E-state index >= 15 is 0 Å². The van der Waals surface area contributed by atoms with Crippen LogP contribution >= 0.6 is 0 Å². The fourth-order valence-corrected chi connectivity index (χ4v) is 3.06. The molecule has 2 heteroatoms. The fraction of sp³-hybridized carbons (Fsp3) is 0.280. The number of rotatable bonds is 9. The van der Waals surface area contributed by atoms with Crippen molar-refractivity contribution in [2.45, 2.75) is 39.5 Å². The summed E-state index contributed by atoms with van der Waals surface area (Å²) in [4.78, 5) is 8.54. The normalized spacial score (nSPS) is 12.6. The molecule has 0 aliphatic heterocycles. The molecule has 1 heterocycles. The lowest BCUT2D eigenvalue weighted by molar-refractivity contribution is 1.03. The SMILES string of the molecule is C=C(/C=C(\CC)c1cccnc1)Cc1ccc(CCC(/C=C\C)=NC)cc1. The van der Waals surface area contributed by atoms with Gasteiger partial charge < -0.3 is 0 Å². The number of aryl methyl sites for hydroxylation is 1. The van der Waals surface area contributed by atoms with E-state index in [-0.39, 0.29) is 0 Å². The van der Waals surface area contributed by atoms with Crippen LogP contribution < -0.4 is 0 Å². The summed E-state index contributed by atoms with van der Waals surface area (Å²) in [6.07, 6.45) is 13.9. The maximum atomic E-state index is 4.32. The number of benzene rings is 1. The van der Waals surface area contributed by atoms with Gasteiger partial charge in [0.2, 0.25) is 0 Å². The van der Waals surface area contributed by atoms with Gasteiger partial charge in [0.05, 0.1) is 0 Å². The van der Waals surface area contributed by atoms with E-state index in [1.165, 1.54) is 22.3 Å². The largest absolute Gasteiger partial charge is 0.293 e. The standard InChI is InChI=1S/C25H30N2/c1-5-8-25(26-4)15-14-21-10-12-22(13-11-21)17-20(3)18-23(6-2)24-9-7-16-27-19-24/h5,7-13,16,18-19H,3,6,14-15,17H2,1-2,4H3/b8-5-,23-18+,26-25?. The number of pyridine rings is 1. The highest BCUT2D eigenvalue weighted by Crippen LogP contribution is 2.20. The van der Waals surface area contributed by atoms with Gasteiger partial charge in [-0.25, -0.2) is 0 Å². The predicted molar refractivity (Wildman–Crippen MR) is 118 cm³/mol. The molecule has 0 aliphatic rings. The minimum Gasteiger partial charge on any atom is -0.293 e. The Labute approximate surface area is 164 Å². The minimum atomic E-state index is 0.865. The van der Waals surface area contributed by atoms with Crippen LogP contribution in [0, 0.1) is 0 Å². The summed E-state index contributed by atoms with van der Waals surface area (Å²) in [5.74, 6) is 0. The molecule has 0 fully saturated rings. The predicted octanol–water partition coefficient (Wildman–Crippen LogP) is 6.25. The topological polar surface area (TPSA) is 25.2 Å². The molecule has 27 heavy (non-hydrogen) atoms. The van der Waals surface area contributed by atoms with E-state index in [1.807, 2.05) is 32.3 Å². The maximum Gasteiger partial charge on any atom is 0.0344 e. The van der Waals surface area contributed by atoms with Crippen LogP contribution in [0.25, 0.3) is 5.57 Å². The Bertz CT molecular complexity index is 809. The number of aromatic nitrogens is 1. The fourth-order valence-electron chi connectivity index (χ4n) is 3.06. The summed E-state index contributed by atoms with van der Waals surface area (Å²) in [6, 6.07) is 12.9. The van der Waals surface area contributed by atoms with E-state index in [4.69, 9.17) is 0 Å². The highest BCUT2D eigenvalue weighted by Gasteiger charge is 2.02. The molecule has 1 aromatic heterocycles. The van der Waals surface area contributed by atoms with Crippen molar-refractivity contribution >= 4 is 11.3 Å². The third-order valence-corrected chi connectivity index (χ3v) is 4.56. The van der Waals surface area contributed by atoms with Crippen LogP contribution in [0.3, 0.4) is 0 Å². The highest BCUT2D eigenvalue weighted by molar-refractivity contribution is 5.94. The lowest BCUT2D eigenvalue weighted by Gasteiger charge is -2.08. The molecule has 2 nitrogen and oxygen atoms in total. The van der Waals surface area contributed by atoms with Gasteiger partial charge in [-0.1, -0.05) is 61.6 Å². The van der Waals surface area contributed by atoms with Gasteiger partial charge >= 0.3 is 0 Å². The lowest BCUT2D eigenvalue weighted by Crippen LogP contribution is -1.97. The Morgan fingerprint density at radius 3 is 2.48 bits per heavy atom. The molecule has 0 aliphatic carbocycles. The first-order valence-corrected chi connectivity index (χ1v) is 9.61. The van der Waals surface area contributed by atoms with Crippen LogP contribution in [0.2, 0.25) is 0 Å². The van der Waals surface area contributed by atoms with Gasteiger partial charge in [-0.3, -0.25) is 9.98 Å². The van der Waals surface area contributed by atoms with Crippen LogP contribution in [-0.4, -0.2) is 17.7 Å². The van der Waals surface area contributed by atoms with E-state index in [2.05, 4.69) is 66.0 Å². The first-order valence-electron chi connectivity index (χ1n) is 9.61. The second kappa shape index (κ2) is 11.1. The Morgan fingerprint density at radius 1 is 1.15 bits per heavy atom. The molecule has 0 bridgehead atoms. The first kappa shape index (κ1) is 20.6. The summed E-state index contributed by atoms with van der Waals surface area (Å²) in [6.45, 7) is 8.45. The van der Waals surface area contributed by atoms with Crippen molar-refractivity contribution in [2.75, 3.05) is 7.05 Å². The lowest BCUT2D eigenvalue weighted by atomic mass is 9.98. The van der Waals surface area contributed by atoms with Crippen molar-refractivity contribution < 1.29 is 0 Å². The molecule has 0 saturated carbocycles. The van der Waals surface area contributed by atoms with Crippen LogP contribution in [-0.2, 0) is 12.8 Å². The zero-order valence-electron chi connectivity index (χ0n) is 16.8. The zero-order valence-corrected chi connectivity index (χ0v) is 16.8. The summed E-state index contributed by atoms with van der Waals surface area (Å²) >= 11 is 0. The summed E-state index contributed by atoms with van der Waals surface area (Å²) in [5.41, 5.74) is 7.35. The third-order valence-electron chi connectivity index (χ3n) is 4.56. The average Bonchev–Trinajstić information content (AvgIpc) is 2.71. The van der Waals surface area contributed by atoms with Gasteiger partial charge in [-0.2, -0.15) is 0 Å². The third kappa shape index (κ3) is 6.82. The Morgan fingerprint density at radius 2 is 1.89 bits per heavy atom. The molecule has 0 saturated heterocycles. The Balaban J connectivity index is 1.97. The first-order chi connectivity index (χ1) is 13.2. The van der Waals surface area contributed by atoms with Gasteiger partial charge in [0.1, 0.15) is 0 Å². The summed E-state index contributed by atoms with van der Waals surface area (Å²) in [5, 5.41) is 0. The van der Waals surface area contributed by atoms with E-state index in [1.54, 1.807) is 6.20 Å². The Hall–Kier alpha value is -2.74. The molecule has 0 N–H and O–H groups in total. The molecule has 1 aromatic carbocycles. The number of nitrogens with zero attached hydrogens (tertiary/aromatic N) is 2. The van der Waals surface area contributed by atoms with Crippen molar-refractivity contribution in [3.8, 4) is 0 Å². The van der Waals surface area contributed by atoms with Crippen molar-refractivity contribution in [2.24, 2.45) is 4.99 Å². The quantitative estimate of drug-likeness (QED) is 0.384. The van der Waals surface area contributed by atoms with E-state index in [0.717, 1.165) is 37.0 Å². The number of aliphatic imine (C=N–C) groups is 1. The summed E-state index contributed by atoms with van der Waals surface area (Å²) in [7, 11) is 1.85. The molecule has 2 aromatic rings. The van der Waals surface area contributed by atoms with Crippen molar-refractivity contribution in [3.05, 3.63) is 95.9 Å². The monoisotopic (exact) mass is 358 g/mol. The maximum absolute atomic E-state index is 4.32. The van der Waals surface area contributed by atoms with Gasteiger partial charge in [-0.15, -0.1) is 0 Å². The molecule has 2 rings (SSSR count). The van der Waals surface area contributed by atoms with Crippen LogP contribution in [0.5, 0.6) is 0 Å². The zero-order chi connectivity index (χ0) is 19.5. The van der Waals surface area contributed by atoms with Gasteiger partial charge in [0.15, 0.2) is 0 Å². The van der Waals surface area contributed by atoms with Gasteiger partial charge in [-0.05, 0) is 67.0 Å². The van der Waals surface area contributed by atoms with E-state index in [9.17, 15) is 0 Å². The van der Waals surface area contributed by atoms with Crippen molar-refractivity contribution in [3.63, 3.8) is 0 Å². The summed E-state index contributed by atoms with van der Waals surface area (Å²) < 4.78 is 0. The smallest absolute Gasteiger partial charge is 0.0344 e. The number of hydrogen-bond donors (Lipinski definition) is 0. The molecule has 0 radical (unpaired) electrons. The highest BCUT2D eigenvalue weighted by atomic mass is 14.7. The van der Waals surface area contributed by atoms with Gasteiger partial charge in [0, 0.05) is 25.2 Å². The van der Waals surface area contributed by atoms with Crippen LogP contribution in [0.15, 0.2) is 84.2 Å². The molecule has 0 atom stereocenters. The molecule has 0 spiro atoms. The van der Waals surface area contributed by atoms with Crippen LogP contribution in [0.4, 0.5) is 0 Å². The van der Waals surface area contributed by atoms with Crippen molar-refractivity contribution in [1.29, 1.82) is 0 Å². The molecular weight excluding hydrogens is 328 g/mol. The number of hydrogen-bond acceptors (Lipinski definition) is 2. The van der Waals surface area contributed by atoms with Gasteiger partial charge in [0.25, 0.3) is 0 Å². The van der Waals surface area contributed by atoms with E-state index in [0.29, 0.717) is 0 Å². The number of allylic oxidation sites excluding steroid dienone is 5. The second-order valence-corrected chi connectivity index (χ2v) is 6.63. The molecular formula is C25H30N2. The van der Waals surface area contributed by atoms with Crippen LogP contribution in [0.1, 0.15) is 43.4 Å². The molecule has 0 unspecified atom stereocenters.